The third-order valence-electron chi connectivity index (χ3n) is 2.31. The molecule has 0 fully saturated rings. The van der Waals surface area contributed by atoms with Crippen molar-refractivity contribution in [3.05, 3.63) is 22.8 Å². The maximum atomic E-state index is 11.8. The minimum absolute atomic E-state index is 0.114. The normalized spacial score (nSPS) is 12.0. The first-order valence-electron chi connectivity index (χ1n) is 5.23. The molecule has 0 bridgehead atoms. The van der Waals surface area contributed by atoms with E-state index in [0.29, 0.717) is 10.8 Å². The van der Waals surface area contributed by atoms with E-state index in [-0.39, 0.29) is 17.6 Å². The zero-order valence-corrected chi connectivity index (χ0v) is 10.4. The van der Waals surface area contributed by atoms with Gasteiger partial charge in [0.1, 0.15) is 11.5 Å². The zero-order valence-electron chi connectivity index (χ0n) is 9.67. The molecule has 0 radical (unpaired) electrons. The van der Waals surface area contributed by atoms with Crippen LogP contribution in [0.15, 0.2) is 12.1 Å². The Balaban J connectivity index is 2.89. The first kappa shape index (κ1) is 12.8. The van der Waals surface area contributed by atoms with Crippen LogP contribution in [0, 0.1) is 0 Å². The lowest BCUT2D eigenvalue weighted by Crippen LogP contribution is -2.32. The van der Waals surface area contributed by atoms with Crippen LogP contribution in [-0.2, 0) is 0 Å². The summed E-state index contributed by atoms with van der Waals surface area (Å²) in [6, 6.07) is 3.50. The van der Waals surface area contributed by atoms with Crippen molar-refractivity contribution in [2.24, 2.45) is 0 Å². The Kier molecular flexibility index (Phi) is 4.55. The van der Waals surface area contributed by atoms with Crippen LogP contribution in [0.2, 0.25) is 5.02 Å². The Morgan fingerprint density at radius 2 is 2.25 bits per heavy atom. The minimum atomic E-state index is -0.239. The van der Waals surface area contributed by atoms with Gasteiger partial charge in [-0.05, 0) is 25.5 Å². The van der Waals surface area contributed by atoms with Gasteiger partial charge in [0.2, 0.25) is 0 Å². The van der Waals surface area contributed by atoms with Crippen molar-refractivity contribution in [3.63, 3.8) is 0 Å². The molecule has 88 valence electrons. The largest absolute Gasteiger partial charge is 0.373 e. The third-order valence-corrected chi connectivity index (χ3v) is 2.61. The number of pyridine rings is 1. The average Bonchev–Trinajstić information content (AvgIpc) is 2.29. The third kappa shape index (κ3) is 3.10. The lowest BCUT2D eigenvalue weighted by Gasteiger charge is -2.12. The molecule has 1 aromatic rings. The van der Waals surface area contributed by atoms with Crippen LogP contribution >= 0.6 is 11.6 Å². The molecule has 0 saturated carbocycles. The van der Waals surface area contributed by atoms with E-state index in [1.54, 1.807) is 19.2 Å². The number of aromatic nitrogens is 1. The number of anilines is 1. The van der Waals surface area contributed by atoms with E-state index in [1.165, 1.54) is 0 Å². The van der Waals surface area contributed by atoms with Crippen LogP contribution in [-0.4, -0.2) is 24.0 Å². The molecule has 1 atom stereocenters. The van der Waals surface area contributed by atoms with Gasteiger partial charge in [-0.15, -0.1) is 0 Å². The molecular weight excluding hydrogens is 226 g/mol. The molecule has 2 N–H and O–H groups in total. The zero-order chi connectivity index (χ0) is 12.1. The molecule has 1 aromatic heterocycles. The van der Waals surface area contributed by atoms with E-state index in [1.807, 2.05) is 13.8 Å². The van der Waals surface area contributed by atoms with E-state index in [9.17, 15) is 4.79 Å². The highest BCUT2D eigenvalue weighted by Crippen LogP contribution is 2.16. The molecule has 5 heteroatoms. The summed E-state index contributed by atoms with van der Waals surface area (Å²) < 4.78 is 0. The van der Waals surface area contributed by atoms with Crippen LogP contribution in [0.4, 0.5) is 5.82 Å². The van der Waals surface area contributed by atoms with E-state index in [2.05, 4.69) is 15.6 Å². The van der Waals surface area contributed by atoms with Crippen molar-refractivity contribution in [2.45, 2.75) is 26.3 Å². The fourth-order valence-electron chi connectivity index (χ4n) is 1.13. The molecule has 0 aliphatic heterocycles. The molecular formula is C11H16ClN3O. The first-order chi connectivity index (χ1) is 7.58. The van der Waals surface area contributed by atoms with Crippen LogP contribution in [0.3, 0.4) is 0 Å². The Morgan fingerprint density at radius 1 is 1.56 bits per heavy atom. The van der Waals surface area contributed by atoms with Gasteiger partial charge in [-0.1, -0.05) is 18.5 Å². The lowest BCUT2D eigenvalue weighted by molar-refractivity contribution is 0.0934. The number of carbonyl (C=O) groups is 1. The maximum Gasteiger partial charge on any atom is 0.271 e. The summed E-state index contributed by atoms with van der Waals surface area (Å²) in [6.45, 7) is 3.94. The van der Waals surface area contributed by atoms with Crippen LogP contribution in [0.1, 0.15) is 30.8 Å². The van der Waals surface area contributed by atoms with Crippen LogP contribution in [0.25, 0.3) is 0 Å². The van der Waals surface area contributed by atoms with E-state index >= 15 is 0 Å². The van der Waals surface area contributed by atoms with E-state index in [4.69, 9.17) is 11.6 Å². The lowest BCUT2D eigenvalue weighted by atomic mass is 10.2. The predicted octanol–water partition coefficient (Wildman–Crippen LogP) is 2.31. The van der Waals surface area contributed by atoms with Crippen molar-refractivity contribution in [1.82, 2.24) is 10.3 Å². The number of halogens is 1. The van der Waals surface area contributed by atoms with E-state index < -0.39 is 0 Å². The molecule has 1 rings (SSSR count). The second-order valence-corrected chi connectivity index (χ2v) is 3.97. The molecule has 0 spiro atoms. The molecule has 0 saturated heterocycles. The molecule has 4 nitrogen and oxygen atoms in total. The fourth-order valence-corrected chi connectivity index (χ4v) is 1.33. The number of hydrogen-bond acceptors (Lipinski definition) is 3. The van der Waals surface area contributed by atoms with Gasteiger partial charge >= 0.3 is 0 Å². The molecule has 1 heterocycles. The number of nitrogens with one attached hydrogen (secondary N) is 2. The molecule has 0 aliphatic carbocycles. The van der Waals surface area contributed by atoms with Gasteiger partial charge in [-0.25, -0.2) is 4.98 Å². The molecule has 1 amide bonds. The SMILES string of the molecule is CCC(C)NC(=O)c1nc(NC)ccc1Cl. The van der Waals surface area contributed by atoms with Crippen molar-refractivity contribution in [1.29, 1.82) is 0 Å². The van der Waals surface area contributed by atoms with Crippen molar-refractivity contribution in [2.75, 3.05) is 12.4 Å². The summed E-state index contributed by atoms with van der Waals surface area (Å²) in [6.07, 6.45) is 0.870. The van der Waals surface area contributed by atoms with Gasteiger partial charge in [0.15, 0.2) is 0 Å². The van der Waals surface area contributed by atoms with Gasteiger partial charge in [-0.2, -0.15) is 0 Å². The second-order valence-electron chi connectivity index (χ2n) is 3.56. The summed E-state index contributed by atoms with van der Waals surface area (Å²) >= 11 is 5.92. The van der Waals surface area contributed by atoms with Crippen LogP contribution in [0.5, 0.6) is 0 Å². The summed E-state index contributed by atoms with van der Waals surface area (Å²) in [5.41, 5.74) is 0.258. The van der Waals surface area contributed by atoms with Crippen LogP contribution < -0.4 is 10.6 Å². The summed E-state index contributed by atoms with van der Waals surface area (Å²) in [7, 11) is 1.74. The predicted molar refractivity (Wildman–Crippen MR) is 66.0 cm³/mol. The molecule has 0 aliphatic rings. The molecule has 16 heavy (non-hydrogen) atoms. The number of carbonyl (C=O) groups excluding carboxylic acids is 1. The van der Waals surface area contributed by atoms with Gasteiger partial charge < -0.3 is 10.6 Å². The van der Waals surface area contributed by atoms with Gasteiger partial charge in [0.25, 0.3) is 5.91 Å². The highest BCUT2D eigenvalue weighted by Gasteiger charge is 2.14. The summed E-state index contributed by atoms with van der Waals surface area (Å²) in [5, 5.41) is 6.05. The average molecular weight is 242 g/mol. The molecule has 1 unspecified atom stereocenters. The Labute approximate surface area is 100 Å². The van der Waals surface area contributed by atoms with Gasteiger partial charge in [-0.3, -0.25) is 4.79 Å². The minimum Gasteiger partial charge on any atom is -0.373 e. The van der Waals surface area contributed by atoms with Crippen molar-refractivity contribution < 1.29 is 4.79 Å². The highest BCUT2D eigenvalue weighted by atomic mass is 35.5. The summed E-state index contributed by atoms with van der Waals surface area (Å²) in [4.78, 5) is 15.9. The summed E-state index contributed by atoms with van der Waals surface area (Å²) in [5.74, 6) is 0.384. The Bertz CT molecular complexity index is 381. The molecule has 0 aromatic carbocycles. The first-order valence-corrected chi connectivity index (χ1v) is 5.61. The number of nitrogens with zero attached hydrogens (tertiary/aromatic N) is 1. The number of amides is 1. The van der Waals surface area contributed by atoms with Crippen molar-refractivity contribution >= 4 is 23.3 Å². The monoisotopic (exact) mass is 241 g/mol. The van der Waals surface area contributed by atoms with Crippen molar-refractivity contribution in [3.8, 4) is 0 Å². The second kappa shape index (κ2) is 5.70. The quantitative estimate of drug-likeness (QED) is 0.851. The standard InChI is InChI=1S/C11H16ClN3O/c1-4-7(2)14-11(16)10-8(12)5-6-9(13-3)15-10/h5-7H,4H2,1-3H3,(H,13,15)(H,14,16). The number of rotatable bonds is 4. The smallest absolute Gasteiger partial charge is 0.271 e. The fraction of sp³-hybridized carbons (Fsp3) is 0.455. The topological polar surface area (TPSA) is 54.0 Å². The maximum absolute atomic E-state index is 11.8. The highest BCUT2D eigenvalue weighted by molar-refractivity contribution is 6.33. The number of hydrogen-bond donors (Lipinski definition) is 2. The Hall–Kier alpha value is -1.29. The Morgan fingerprint density at radius 3 is 2.81 bits per heavy atom. The van der Waals surface area contributed by atoms with E-state index in [0.717, 1.165) is 6.42 Å². The van der Waals surface area contributed by atoms with Gasteiger partial charge in [0, 0.05) is 13.1 Å². The van der Waals surface area contributed by atoms with Gasteiger partial charge in [0.05, 0.1) is 5.02 Å².